The molecule has 4 nitrogen and oxygen atoms in total. The number of nitrogens with zero attached hydrogens (tertiary/aromatic N) is 1. The first-order valence-electron chi connectivity index (χ1n) is 8.54. The van der Waals surface area contributed by atoms with Gasteiger partial charge in [-0.05, 0) is 43.5 Å². The summed E-state index contributed by atoms with van der Waals surface area (Å²) >= 11 is 0. The average Bonchev–Trinajstić information content (AvgIpc) is 2.61. The smallest absolute Gasteiger partial charge is 0.326 e. The Bertz CT molecular complexity index is 766. The van der Waals surface area contributed by atoms with Gasteiger partial charge in [0.15, 0.2) is 0 Å². The van der Waals surface area contributed by atoms with Crippen molar-refractivity contribution in [2.24, 2.45) is 5.92 Å². The van der Waals surface area contributed by atoms with Crippen LogP contribution in [0.15, 0.2) is 42.6 Å². The molecule has 1 aromatic carbocycles. The van der Waals surface area contributed by atoms with E-state index >= 15 is 0 Å². The van der Waals surface area contributed by atoms with Gasteiger partial charge in [-0.1, -0.05) is 12.1 Å². The van der Waals surface area contributed by atoms with Crippen LogP contribution >= 0.6 is 0 Å². The Labute approximate surface area is 150 Å². The van der Waals surface area contributed by atoms with Crippen LogP contribution in [0.1, 0.15) is 24.0 Å². The number of H-pyrrole nitrogens is 1. The summed E-state index contributed by atoms with van der Waals surface area (Å²) in [6.45, 7) is 3.20. The lowest BCUT2D eigenvalue weighted by Gasteiger charge is -2.27. The molecule has 0 spiro atoms. The zero-order valence-corrected chi connectivity index (χ0v) is 14.4. The van der Waals surface area contributed by atoms with Gasteiger partial charge in [0, 0.05) is 17.7 Å². The highest BCUT2D eigenvalue weighted by Crippen LogP contribution is 2.29. The molecule has 2 N–H and O–H groups in total. The third-order valence-electron chi connectivity index (χ3n) is 4.62. The van der Waals surface area contributed by atoms with Crippen molar-refractivity contribution in [3.05, 3.63) is 53.7 Å². The number of aromatic amines is 1. The Balaban J connectivity index is 1.56. The van der Waals surface area contributed by atoms with Crippen molar-refractivity contribution in [3.63, 3.8) is 0 Å². The Kier molecular flexibility index (Phi) is 5.15. The molecule has 26 heavy (non-hydrogen) atoms. The Morgan fingerprint density at radius 3 is 2.50 bits per heavy atom. The first-order valence-corrected chi connectivity index (χ1v) is 8.54. The molecule has 0 aliphatic carbocycles. The molecule has 0 unspecified atom stereocenters. The fourth-order valence-electron chi connectivity index (χ4n) is 3.14. The molecule has 0 atom stereocenters. The second kappa shape index (κ2) is 7.35. The molecule has 2 heterocycles. The lowest BCUT2D eigenvalue weighted by molar-refractivity contribution is -0.367. The van der Waals surface area contributed by atoms with Crippen molar-refractivity contribution in [2.45, 2.75) is 25.9 Å². The highest BCUT2D eigenvalue weighted by Gasteiger charge is 2.33. The number of aryl methyl sites for hydroxylation is 1. The Hall–Kier alpha value is -2.57. The molecule has 1 saturated heterocycles. The van der Waals surface area contributed by atoms with Crippen LogP contribution in [0.3, 0.4) is 0 Å². The second-order valence-corrected chi connectivity index (χ2v) is 6.58. The summed E-state index contributed by atoms with van der Waals surface area (Å²) < 4.78 is 37.9. The zero-order chi connectivity index (χ0) is 18.7. The van der Waals surface area contributed by atoms with Crippen LogP contribution < -0.4 is 15.2 Å². The van der Waals surface area contributed by atoms with Crippen molar-refractivity contribution in [2.75, 3.05) is 23.3 Å². The molecule has 1 amide bonds. The quantitative estimate of drug-likeness (QED) is 0.903. The van der Waals surface area contributed by atoms with E-state index < -0.39 is 11.7 Å². The number of rotatable bonds is 3. The molecule has 2 aromatic rings. The van der Waals surface area contributed by atoms with Crippen LogP contribution in [0.5, 0.6) is 0 Å². The predicted octanol–water partition coefficient (Wildman–Crippen LogP) is 3.68. The van der Waals surface area contributed by atoms with E-state index in [2.05, 4.69) is 10.3 Å². The number of alkyl halides is 3. The summed E-state index contributed by atoms with van der Waals surface area (Å²) in [7, 11) is 0. The van der Waals surface area contributed by atoms with Crippen molar-refractivity contribution < 1.29 is 22.9 Å². The number of hydrogen-bond donors (Lipinski definition) is 1. The molecule has 7 heteroatoms. The molecule has 3 rings (SSSR count). The monoisotopic (exact) mass is 364 g/mol. The number of benzene rings is 1. The fraction of sp³-hybridized carbons (Fsp3) is 0.368. The number of piperidine rings is 1. The SMILES string of the molecule is Cc1cccc(NC(=O)C2CCN(c3ccc(C(F)(F)F)c[nH+]3)CC2)c1. The van der Waals surface area contributed by atoms with Crippen LogP contribution in [0.4, 0.5) is 24.7 Å². The van der Waals surface area contributed by atoms with Crippen molar-refractivity contribution in [1.29, 1.82) is 0 Å². The molecule has 1 aliphatic heterocycles. The maximum atomic E-state index is 12.6. The Morgan fingerprint density at radius 1 is 1.19 bits per heavy atom. The van der Waals surface area contributed by atoms with Crippen LogP contribution in [0.2, 0.25) is 0 Å². The van der Waals surface area contributed by atoms with Gasteiger partial charge in [-0.15, -0.1) is 0 Å². The van der Waals surface area contributed by atoms with Crippen LogP contribution in [-0.4, -0.2) is 19.0 Å². The second-order valence-electron chi connectivity index (χ2n) is 6.58. The minimum atomic E-state index is -4.35. The van der Waals surface area contributed by atoms with E-state index in [1.54, 1.807) is 0 Å². The first kappa shape index (κ1) is 18.2. The maximum absolute atomic E-state index is 12.6. The zero-order valence-electron chi connectivity index (χ0n) is 14.4. The molecule has 0 saturated carbocycles. The van der Waals surface area contributed by atoms with Gasteiger partial charge in [-0.3, -0.25) is 9.69 Å². The number of amides is 1. The maximum Gasteiger partial charge on any atom is 0.419 e. The van der Waals surface area contributed by atoms with Crippen molar-refractivity contribution >= 4 is 17.4 Å². The van der Waals surface area contributed by atoms with E-state index in [4.69, 9.17) is 0 Å². The standard InChI is InChI=1S/C19H20F3N3O/c1-13-3-2-4-16(11-13)24-18(26)14-7-9-25(10-8-14)17-6-5-15(12-23-17)19(20,21)22/h2-6,11-12,14H,7-10H2,1H3,(H,24,26)/p+1. The molecule has 1 aromatic heterocycles. The van der Waals surface area contributed by atoms with E-state index in [0.29, 0.717) is 31.7 Å². The lowest BCUT2D eigenvalue weighted by Crippen LogP contribution is -2.40. The minimum absolute atomic E-state index is 0.00773. The van der Waals surface area contributed by atoms with Gasteiger partial charge < -0.3 is 5.32 Å². The van der Waals surface area contributed by atoms with E-state index in [1.807, 2.05) is 36.1 Å². The number of carbonyl (C=O) groups excluding carboxylic acids is 1. The minimum Gasteiger partial charge on any atom is -0.326 e. The molecule has 138 valence electrons. The fourth-order valence-corrected chi connectivity index (χ4v) is 3.14. The van der Waals surface area contributed by atoms with Crippen LogP contribution in [0.25, 0.3) is 0 Å². The van der Waals surface area contributed by atoms with Gasteiger partial charge in [0.1, 0.15) is 6.20 Å². The van der Waals surface area contributed by atoms with Gasteiger partial charge in [-0.25, -0.2) is 4.98 Å². The van der Waals surface area contributed by atoms with Crippen LogP contribution in [0, 0.1) is 12.8 Å². The van der Waals surface area contributed by atoms with E-state index in [9.17, 15) is 18.0 Å². The summed E-state index contributed by atoms with van der Waals surface area (Å²) in [4.78, 5) is 17.1. The number of anilines is 2. The highest BCUT2D eigenvalue weighted by atomic mass is 19.4. The average molecular weight is 364 g/mol. The molecule has 0 radical (unpaired) electrons. The number of pyridine rings is 1. The number of aromatic nitrogens is 1. The van der Waals surface area contributed by atoms with Gasteiger partial charge in [-0.2, -0.15) is 13.2 Å². The lowest BCUT2D eigenvalue weighted by atomic mass is 9.95. The predicted molar refractivity (Wildman–Crippen MR) is 92.7 cm³/mol. The first-order chi connectivity index (χ1) is 12.3. The third kappa shape index (κ3) is 4.33. The molecule has 0 bridgehead atoms. The van der Waals surface area contributed by atoms with E-state index in [1.165, 1.54) is 6.07 Å². The topological polar surface area (TPSA) is 46.5 Å². The highest BCUT2D eigenvalue weighted by molar-refractivity contribution is 5.92. The number of halogens is 3. The number of hydrogen-bond acceptors (Lipinski definition) is 2. The summed E-state index contributed by atoms with van der Waals surface area (Å²) in [6, 6.07) is 10.2. The molecule has 1 fully saturated rings. The largest absolute Gasteiger partial charge is 0.419 e. The molecule has 1 aliphatic rings. The van der Waals surface area contributed by atoms with E-state index in [0.717, 1.165) is 23.5 Å². The van der Waals surface area contributed by atoms with Crippen molar-refractivity contribution in [3.8, 4) is 0 Å². The summed E-state index contributed by atoms with van der Waals surface area (Å²) in [5, 5.41) is 2.94. The number of carbonyl (C=O) groups is 1. The van der Waals surface area contributed by atoms with Crippen LogP contribution in [-0.2, 0) is 11.0 Å². The van der Waals surface area contributed by atoms with Gasteiger partial charge in [0.2, 0.25) is 5.91 Å². The Morgan fingerprint density at radius 2 is 1.92 bits per heavy atom. The summed E-state index contributed by atoms with van der Waals surface area (Å²) in [5.41, 5.74) is 1.16. The van der Waals surface area contributed by atoms with E-state index in [-0.39, 0.29) is 11.8 Å². The van der Waals surface area contributed by atoms with Gasteiger partial charge in [0.05, 0.1) is 18.7 Å². The molecular formula is C19H21F3N3O+. The molecular weight excluding hydrogens is 343 g/mol. The van der Waals surface area contributed by atoms with Crippen molar-refractivity contribution in [1.82, 2.24) is 0 Å². The number of nitrogens with one attached hydrogen (secondary N) is 2. The summed E-state index contributed by atoms with van der Waals surface area (Å²) in [5.74, 6) is 0.531. The van der Waals surface area contributed by atoms with Gasteiger partial charge >= 0.3 is 6.18 Å². The third-order valence-corrected chi connectivity index (χ3v) is 4.62. The summed E-state index contributed by atoms with van der Waals surface area (Å²) in [6.07, 6.45) is -2.05. The van der Waals surface area contributed by atoms with Gasteiger partial charge in [0.25, 0.3) is 5.82 Å². The normalized spacial score (nSPS) is 15.8.